The van der Waals surface area contributed by atoms with Crippen LogP contribution in [0.1, 0.15) is 38.5 Å². The molecule has 0 amide bonds. The highest BCUT2D eigenvalue weighted by atomic mass is 19.4. The van der Waals surface area contributed by atoms with Gasteiger partial charge in [-0.25, -0.2) is 13.6 Å². The Morgan fingerprint density at radius 1 is 0.966 bits per heavy atom. The standard InChI is InChI=1S/C18H20F8O3/c1-9(17(21,22)23)13(27)29-16(14(19)20,18(24,25)26)28-8-15-5-10-2-11(6-15)4-12(3-10)7-15/h10-12,14H,1-8H2. The Morgan fingerprint density at radius 2 is 1.41 bits per heavy atom. The molecule has 0 radical (unpaired) electrons. The van der Waals surface area contributed by atoms with E-state index in [1.807, 2.05) is 0 Å². The van der Waals surface area contributed by atoms with Crippen molar-refractivity contribution in [1.29, 1.82) is 0 Å². The van der Waals surface area contributed by atoms with Gasteiger partial charge in [0.15, 0.2) is 0 Å². The Labute approximate surface area is 161 Å². The lowest BCUT2D eigenvalue weighted by molar-refractivity contribution is -0.407. The molecule has 4 aliphatic carbocycles. The summed E-state index contributed by atoms with van der Waals surface area (Å²) in [7, 11) is 0. The van der Waals surface area contributed by atoms with E-state index in [4.69, 9.17) is 0 Å². The number of carbonyl (C=O) groups excluding carboxylic acids is 1. The highest BCUT2D eigenvalue weighted by Gasteiger charge is 2.68. The quantitative estimate of drug-likeness (QED) is 0.242. The van der Waals surface area contributed by atoms with Crippen LogP contribution in [0.2, 0.25) is 0 Å². The molecule has 1 atom stereocenters. The summed E-state index contributed by atoms with van der Waals surface area (Å²) >= 11 is 0. The fourth-order valence-electron chi connectivity index (χ4n) is 5.44. The Kier molecular flexibility index (Phi) is 5.45. The van der Waals surface area contributed by atoms with Crippen LogP contribution in [0.5, 0.6) is 0 Å². The summed E-state index contributed by atoms with van der Waals surface area (Å²) in [4.78, 5) is 11.5. The van der Waals surface area contributed by atoms with E-state index >= 15 is 0 Å². The van der Waals surface area contributed by atoms with Crippen LogP contribution >= 0.6 is 0 Å². The van der Waals surface area contributed by atoms with E-state index in [1.165, 1.54) is 0 Å². The molecule has 0 N–H and O–H groups in total. The number of esters is 1. The van der Waals surface area contributed by atoms with Gasteiger partial charge in [0.05, 0.1) is 6.61 Å². The average molecular weight is 436 g/mol. The highest BCUT2D eigenvalue weighted by Crippen LogP contribution is 2.60. The van der Waals surface area contributed by atoms with Crippen LogP contribution in [-0.2, 0) is 14.3 Å². The van der Waals surface area contributed by atoms with Crippen molar-refractivity contribution >= 4 is 5.97 Å². The van der Waals surface area contributed by atoms with E-state index in [2.05, 4.69) is 16.1 Å². The van der Waals surface area contributed by atoms with Crippen molar-refractivity contribution in [2.24, 2.45) is 23.2 Å². The summed E-state index contributed by atoms with van der Waals surface area (Å²) < 4.78 is 113. The normalized spacial score (nSPS) is 33.6. The van der Waals surface area contributed by atoms with Gasteiger partial charge in [0, 0.05) is 0 Å². The Bertz CT molecular complexity index is 634. The molecule has 11 heteroatoms. The van der Waals surface area contributed by atoms with Gasteiger partial charge in [0.2, 0.25) is 0 Å². The summed E-state index contributed by atoms with van der Waals surface area (Å²) in [5.74, 6) is -6.64. The minimum atomic E-state index is -5.95. The van der Waals surface area contributed by atoms with Gasteiger partial charge in [0.1, 0.15) is 5.57 Å². The minimum Gasteiger partial charge on any atom is -0.414 e. The Hall–Kier alpha value is -1.39. The molecule has 0 heterocycles. The van der Waals surface area contributed by atoms with Gasteiger partial charge in [-0.15, -0.1) is 0 Å². The predicted molar refractivity (Wildman–Crippen MR) is 82.6 cm³/mol. The molecule has 4 fully saturated rings. The molecule has 0 spiro atoms. The maximum absolute atomic E-state index is 13.5. The van der Waals surface area contributed by atoms with Crippen LogP contribution in [0.3, 0.4) is 0 Å². The van der Waals surface area contributed by atoms with E-state index in [9.17, 15) is 39.9 Å². The second-order valence-electron chi connectivity index (χ2n) is 8.54. The number of rotatable bonds is 6. The number of ether oxygens (including phenoxy) is 2. The minimum absolute atomic E-state index is 0.268. The maximum atomic E-state index is 13.5. The zero-order valence-electron chi connectivity index (χ0n) is 15.2. The van der Waals surface area contributed by atoms with Crippen molar-refractivity contribution < 1.29 is 49.4 Å². The molecular formula is C18H20F8O3. The largest absolute Gasteiger partial charge is 0.462 e. The molecule has 0 aromatic heterocycles. The first-order valence-electron chi connectivity index (χ1n) is 9.16. The average Bonchev–Trinajstić information content (AvgIpc) is 2.54. The van der Waals surface area contributed by atoms with Crippen LogP contribution in [0.25, 0.3) is 0 Å². The molecule has 29 heavy (non-hydrogen) atoms. The van der Waals surface area contributed by atoms with E-state index in [0.717, 1.165) is 19.3 Å². The molecule has 0 aliphatic heterocycles. The molecule has 0 aromatic rings. The topological polar surface area (TPSA) is 35.5 Å². The summed E-state index contributed by atoms with van der Waals surface area (Å²) in [5, 5.41) is 0. The number of hydrogen-bond donors (Lipinski definition) is 0. The first-order chi connectivity index (χ1) is 13.2. The predicted octanol–water partition coefficient (Wildman–Crippen LogP) is 5.40. The molecule has 0 aromatic carbocycles. The van der Waals surface area contributed by atoms with Gasteiger partial charge >= 0.3 is 30.5 Å². The first-order valence-corrected chi connectivity index (χ1v) is 9.16. The highest BCUT2D eigenvalue weighted by molar-refractivity contribution is 5.89. The molecule has 0 saturated heterocycles. The van der Waals surface area contributed by atoms with Crippen LogP contribution in [-0.4, -0.2) is 37.1 Å². The number of hydrogen-bond acceptors (Lipinski definition) is 3. The van der Waals surface area contributed by atoms with Crippen molar-refractivity contribution in [3.05, 3.63) is 12.2 Å². The van der Waals surface area contributed by atoms with Gasteiger partial charge < -0.3 is 9.47 Å². The molecule has 4 rings (SSSR count). The van der Waals surface area contributed by atoms with Crippen molar-refractivity contribution in [2.45, 2.75) is 63.1 Å². The monoisotopic (exact) mass is 436 g/mol. The summed E-state index contributed by atoms with van der Waals surface area (Å²) in [6, 6.07) is 0. The second-order valence-corrected chi connectivity index (χ2v) is 8.54. The van der Waals surface area contributed by atoms with E-state index < -0.39 is 48.1 Å². The van der Waals surface area contributed by atoms with Gasteiger partial charge in [-0.1, -0.05) is 6.58 Å². The number of halogens is 8. The lowest BCUT2D eigenvalue weighted by Gasteiger charge is -2.57. The van der Waals surface area contributed by atoms with Crippen LogP contribution in [0, 0.1) is 23.2 Å². The van der Waals surface area contributed by atoms with Gasteiger partial charge in [-0.2, -0.15) is 26.3 Å². The molecule has 166 valence electrons. The Balaban J connectivity index is 1.83. The molecule has 1 unspecified atom stereocenters. The third-order valence-corrected chi connectivity index (χ3v) is 6.27. The number of alkyl halides is 8. The van der Waals surface area contributed by atoms with Crippen LogP contribution in [0.15, 0.2) is 12.2 Å². The second kappa shape index (κ2) is 7.09. The summed E-state index contributed by atoms with van der Waals surface area (Å²) in [6.45, 7) is 1.53. The fraction of sp³-hybridized carbons (Fsp3) is 0.833. The third kappa shape index (κ3) is 4.11. The first kappa shape index (κ1) is 22.3. The summed E-state index contributed by atoms with van der Waals surface area (Å²) in [5.41, 5.74) is -3.10. The molecular weight excluding hydrogens is 416 g/mol. The fourth-order valence-corrected chi connectivity index (χ4v) is 5.44. The van der Waals surface area contributed by atoms with Crippen molar-refractivity contribution in [2.75, 3.05) is 6.61 Å². The lowest BCUT2D eigenvalue weighted by atomic mass is 9.50. The van der Waals surface area contributed by atoms with E-state index in [1.54, 1.807) is 0 Å². The molecule has 3 nitrogen and oxygen atoms in total. The van der Waals surface area contributed by atoms with E-state index in [-0.39, 0.29) is 17.8 Å². The zero-order chi connectivity index (χ0) is 21.8. The number of carbonyl (C=O) groups is 1. The van der Waals surface area contributed by atoms with E-state index in [0.29, 0.717) is 19.3 Å². The SMILES string of the molecule is C=C(C(=O)OC(OCC12CC3CC(CC(C3)C1)C2)(C(F)F)C(F)(F)F)C(F)(F)F. The molecule has 4 aliphatic rings. The van der Waals surface area contributed by atoms with Gasteiger partial charge in [-0.05, 0) is 61.7 Å². The smallest absolute Gasteiger partial charge is 0.414 e. The van der Waals surface area contributed by atoms with Gasteiger partial charge in [0.25, 0.3) is 0 Å². The molecule has 4 bridgehead atoms. The van der Waals surface area contributed by atoms with Crippen molar-refractivity contribution in [3.8, 4) is 0 Å². The maximum Gasteiger partial charge on any atom is 0.462 e. The van der Waals surface area contributed by atoms with Crippen LogP contribution < -0.4 is 0 Å². The van der Waals surface area contributed by atoms with Crippen LogP contribution in [0.4, 0.5) is 35.1 Å². The Morgan fingerprint density at radius 3 is 1.76 bits per heavy atom. The summed E-state index contributed by atoms with van der Waals surface area (Å²) in [6.07, 6.45) is -11.5. The van der Waals surface area contributed by atoms with Crippen molar-refractivity contribution in [3.63, 3.8) is 0 Å². The third-order valence-electron chi connectivity index (χ3n) is 6.27. The zero-order valence-corrected chi connectivity index (χ0v) is 15.2. The van der Waals surface area contributed by atoms with Gasteiger partial charge in [-0.3, -0.25) is 0 Å². The van der Waals surface area contributed by atoms with Crippen molar-refractivity contribution in [1.82, 2.24) is 0 Å². The lowest BCUT2D eigenvalue weighted by Crippen LogP contribution is -2.59. The molecule has 4 saturated carbocycles.